The summed E-state index contributed by atoms with van der Waals surface area (Å²) in [5.74, 6) is 0.682. The van der Waals surface area contributed by atoms with Crippen LogP contribution >= 0.6 is 0 Å². The van der Waals surface area contributed by atoms with E-state index in [4.69, 9.17) is 5.11 Å². The van der Waals surface area contributed by atoms with E-state index in [1.165, 1.54) is 25.7 Å². The van der Waals surface area contributed by atoms with Crippen LogP contribution in [0.5, 0.6) is 0 Å². The number of carboxylic acids is 1. The maximum Gasteiger partial charge on any atom is 0.315 e. The number of carbonyl (C=O) groups is 2. The average Bonchev–Trinajstić information content (AvgIpc) is 2.30. The zero-order valence-electron chi connectivity index (χ0n) is 11.9. The molecule has 0 bridgehead atoms. The lowest BCUT2D eigenvalue weighted by Gasteiger charge is -2.26. The van der Waals surface area contributed by atoms with Gasteiger partial charge in [-0.1, -0.05) is 32.6 Å². The SMILES string of the molecule is CC1CCC(CCNC(=O)NC(C)CC(=O)O)CC1. The van der Waals surface area contributed by atoms with E-state index in [-0.39, 0.29) is 18.5 Å². The molecule has 0 radical (unpaired) electrons. The minimum atomic E-state index is -0.899. The van der Waals surface area contributed by atoms with E-state index in [2.05, 4.69) is 17.6 Å². The smallest absolute Gasteiger partial charge is 0.315 e. The molecule has 0 aromatic rings. The highest BCUT2D eigenvalue weighted by molar-refractivity contribution is 5.75. The van der Waals surface area contributed by atoms with Crippen LogP contribution in [-0.2, 0) is 4.79 Å². The molecule has 5 nitrogen and oxygen atoms in total. The number of nitrogens with one attached hydrogen (secondary N) is 2. The second-order valence-corrected chi connectivity index (χ2v) is 5.81. The quantitative estimate of drug-likeness (QED) is 0.693. The van der Waals surface area contributed by atoms with E-state index in [9.17, 15) is 9.59 Å². The van der Waals surface area contributed by atoms with Crippen LogP contribution in [0.3, 0.4) is 0 Å². The Balaban J connectivity index is 2.08. The molecule has 0 aliphatic heterocycles. The number of rotatable bonds is 6. The lowest BCUT2D eigenvalue weighted by atomic mass is 9.81. The fourth-order valence-corrected chi connectivity index (χ4v) is 2.60. The predicted molar refractivity (Wildman–Crippen MR) is 74.0 cm³/mol. The predicted octanol–water partition coefficient (Wildman–Crippen LogP) is 2.37. The first kappa shape index (κ1) is 15.8. The maximum absolute atomic E-state index is 11.5. The minimum Gasteiger partial charge on any atom is -0.481 e. The molecule has 0 heterocycles. The van der Waals surface area contributed by atoms with Crippen LogP contribution in [0.25, 0.3) is 0 Å². The van der Waals surface area contributed by atoms with E-state index >= 15 is 0 Å². The van der Waals surface area contributed by atoms with Gasteiger partial charge in [-0.15, -0.1) is 0 Å². The van der Waals surface area contributed by atoms with Crippen LogP contribution < -0.4 is 10.6 Å². The van der Waals surface area contributed by atoms with Crippen LogP contribution in [0.15, 0.2) is 0 Å². The van der Waals surface area contributed by atoms with Gasteiger partial charge in [-0.25, -0.2) is 4.79 Å². The Hall–Kier alpha value is -1.26. The molecule has 5 heteroatoms. The third kappa shape index (κ3) is 7.03. The van der Waals surface area contributed by atoms with Crippen LogP contribution in [0, 0.1) is 11.8 Å². The van der Waals surface area contributed by atoms with Gasteiger partial charge in [0.25, 0.3) is 0 Å². The molecule has 1 aliphatic rings. The van der Waals surface area contributed by atoms with Gasteiger partial charge >= 0.3 is 12.0 Å². The summed E-state index contributed by atoms with van der Waals surface area (Å²) in [6.45, 7) is 4.66. The largest absolute Gasteiger partial charge is 0.481 e. The Bertz CT molecular complexity index is 299. The molecule has 1 aliphatic carbocycles. The molecule has 1 atom stereocenters. The summed E-state index contributed by atoms with van der Waals surface area (Å²) >= 11 is 0. The molecule has 19 heavy (non-hydrogen) atoms. The van der Waals surface area contributed by atoms with Crippen molar-refractivity contribution in [3.8, 4) is 0 Å². The van der Waals surface area contributed by atoms with Crippen LogP contribution in [0.2, 0.25) is 0 Å². The van der Waals surface area contributed by atoms with Gasteiger partial charge in [0.05, 0.1) is 6.42 Å². The highest BCUT2D eigenvalue weighted by Gasteiger charge is 2.18. The van der Waals surface area contributed by atoms with Crippen molar-refractivity contribution in [2.75, 3.05) is 6.54 Å². The van der Waals surface area contributed by atoms with Crippen molar-refractivity contribution >= 4 is 12.0 Å². The van der Waals surface area contributed by atoms with E-state index < -0.39 is 5.97 Å². The highest BCUT2D eigenvalue weighted by atomic mass is 16.4. The first-order chi connectivity index (χ1) is 8.97. The lowest BCUT2D eigenvalue weighted by molar-refractivity contribution is -0.137. The Morgan fingerprint density at radius 2 is 1.89 bits per heavy atom. The number of urea groups is 1. The van der Waals surface area contributed by atoms with E-state index in [0.717, 1.165) is 18.3 Å². The Labute approximate surface area is 115 Å². The number of carboxylic acid groups (broad SMARTS) is 1. The molecular formula is C14H26N2O3. The molecule has 2 amide bonds. The van der Waals surface area contributed by atoms with Gasteiger partial charge < -0.3 is 15.7 Å². The molecule has 0 aromatic heterocycles. The average molecular weight is 270 g/mol. The number of hydrogen-bond acceptors (Lipinski definition) is 2. The maximum atomic E-state index is 11.5. The van der Waals surface area contributed by atoms with Crippen molar-refractivity contribution in [3.63, 3.8) is 0 Å². The third-order valence-corrected chi connectivity index (χ3v) is 3.83. The third-order valence-electron chi connectivity index (χ3n) is 3.83. The van der Waals surface area contributed by atoms with Crippen LogP contribution in [0.1, 0.15) is 52.4 Å². The van der Waals surface area contributed by atoms with Gasteiger partial charge in [0.2, 0.25) is 0 Å². The number of carbonyl (C=O) groups excluding carboxylic acids is 1. The summed E-state index contributed by atoms with van der Waals surface area (Å²) < 4.78 is 0. The highest BCUT2D eigenvalue weighted by Crippen LogP contribution is 2.29. The first-order valence-corrected chi connectivity index (χ1v) is 7.23. The number of amides is 2. The van der Waals surface area contributed by atoms with Gasteiger partial charge in [0.1, 0.15) is 0 Å². The van der Waals surface area contributed by atoms with Crippen LogP contribution in [-0.4, -0.2) is 29.7 Å². The second-order valence-electron chi connectivity index (χ2n) is 5.81. The molecule has 110 valence electrons. The summed E-state index contributed by atoms with van der Waals surface area (Å²) in [6.07, 6.45) is 6.10. The van der Waals surface area contributed by atoms with Crippen LogP contribution in [0.4, 0.5) is 4.79 Å². The zero-order chi connectivity index (χ0) is 14.3. The number of aliphatic carboxylic acids is 1. The summed E-state index contributed by atoms with van der Waals surface area (Å²) in [4.78, 5) is 22.0. The summed E-state index contributed by atoms with van der Waals surface area (Å²) in [7, 11) is 0. The zero-order valence-corrected chi connectivity index (χ0v) is 11.9. The van der Waals surface area contributed by atoms with E-state index in [1.807, 2.05) is 0 Å². The van der Waals surface area contributed by atoms with E-state index in [1.54, 1.807) is 6.92 Å². The summed E-state index contributed by atoms with van der Waals surface area (Å²) in [6, 6.07) is -0.606. The summed E-state index contributed by atoms with van der Waals surface area (Å²) in [5.41, 5.74) is 0. The molecule has 1 rings (SSSR count). The van der Waals surface area contributed by atoms with Crippen molar-refractivity contribution in [1.82, 2.24) is 10.6 Å². The first-order valence-electron chi connectivity index (χ1n) is 7.23. The minimum absolute atomic E-state index is 0.0477. The molecule has 0 aromatic carbocycles. The molecule has 1 saturated carbocycles. The van der Waals surface area contributed by atoms with E-state index in [0.29, 0.717) is 6.54 Å². The fraction of sp³-hybridized carbons (Fsp3) is 0.857. The van der Waals surface area contributed by atoms with Gasteiger partial charge in [-0.2, -0.15) is 0 Å². The normalized spacial score (nSPS) is 24.5. The van der Waals surface area contributed by atoms with Crippen molar-refractivity contribution in [1.29, 1.82) is 0 Å². The fourth-order valence-electron chi connectivity index (χ4n) is 2.60. The Morgan fingerprint density at radius 3 is 2.47 bits per heavy atom. The topological polar surface area (TPSA) is 78.4 Å². The van der Waals surface area contributed by atoms with Crippen molar-refractivity contribution in [2.45, 2.75) is 58.4 Å². The number of hydrogen-bond donors (Lipinski definition) is 3. The summed E-state index contributed by atoms with van der Waals surface area (Å²) in [5, 5.41) is 14.0. The Morgan fingerprint density at radius 1 is 1.26 bits per heavy atom. The monoisotopic (exact) mass is 270 g/mol. The standard InChI is InChI=1S/C14H26N2O3/c1-10-3-5-12(6-4-10)7-8-15-14(19)16-11(2)9-13(17)18/h10-12H,3-9H2,1-2H3,(H,17,18)(H2,15,16,19). The van der Waals surface area contributed by atoms with Gasteiger partial charge in [-0.05, 0) is 25.2 Å². The molecule has 1 unspecified atom stereocenters. The van der Waals surface area contributed by atoms with Crippen molar-refractivity contribution in [3.05, 3.63) is 0 Å². The van der Waals surface area contributed by atoms with Crippen molar-refractivity contribution in [2.24, 2.45) is 11.8 Å². The molecule has 3 N–H and O–H groups in total. The van der Waals surface area contributed by atoms with Crippen molar-refractivity contribution < 1.29 is 14.7 Å². The second kappa shape index (κ2) is 8.02. The molecule has 0 saturated heterocycles. The molecular weight excluding hydrogens is 244 g/mol. The molecule has 0 spiro atoms. The van der Waals surface area contributed by atoms with Gasteiger partial charge in [0.15, 0.2) is 0 Å². The van der Waals surface area contributed by atoms with Gasteiger partial charge in [-0.3, -0.25) is 4.79 Å². The lowest BCUT2D eigenvalue weighted by Crippen LogP contribution is -2.42. The Kier molecular flexibility index (Phi) is 6.67. The molecule has 1 fully saturated rings. The van der Waals surface area contributed by atoms with Gasteiger partial charge in [0, 0.05) is 12.6 Å².